The molecule has 0 saturated heterocycles. The van der Waals surface area contributed by atoms with Gasteiger partial charge in [-0.15, -0.1) is 0 Å². The van der Waals surface area contributed by atoms with Crippen LogP contribution in [0.3, 0.4) is 0 Å². The number of esters is 1. The second kappa shape index (κ2) is 43.0. The first-order chi connectivity index (χ1) is 25.2. The topological polar surface area (TPSA) is 55.8 Å². The van der Waals surface area contributed by atoms with E-state index in [1.165, 1.54) is 38.5 Å². The Morgan fingerprint density at radius 1 is 0.471 bits per heavy atom. The lowest BCUT2D eigenvalue weighted by Gasteiger charge is -2.15. The number of carbonyl (C=O) groups is 1. The molecule has 0 radical (unpaired) electrons. The van der Waals surface area contributed by atoms with Crippen molar-refractivity contribution in [1.29, 1.82) is 0 Å². The van der Waals surface area contributed by atoms with E-state index in [4.69, 9.17) is 9.47 Å². The maximum atomic E-state index is 12.2. The van der Waals surface area contributed by atoms with Crippen LogP contribution in [0, 0.1) is 0 Å². The Morgan fingerprint density at radius 3 is 1.24 bits per heavy atom. The van der Waals surface area contributed by atoms with Crippen molar-refractivity contribution in [3.8, 4) is 0 Å². The summed E-state index contributed by atoms with van der Waals surface area (Å²) in [7, 11) is 0. The number of hydrogen-bond donors (Lipinski definition) is 1. The molecule has 0 aliphatic carbocycles. The van der Waals surface area contributed by atoms with Crippen LogP contribution < -0.4 is 0 Å². The summed E-state index contributed by atoms with van der Waals surface area (Å²) in [5.74, 6) is -0.292. The number of unbranched alkanes of at least 4 members (excludes halogenated alkanes) is 7. The number of hydrogen-bond acceptors (Lipinski definition) is 4. The van der Waals surface area contributed by atoms with E-state index < -0.39 is 6.10 Å². The van der Waals surface area contributed by atoms with Gasteiger partial charge < -0.3 is 14.6 Å². The van der Waals surface area contributed by atoms with Gasteiger partial charge in [0.2, 0.25) is 0 Å². The standard InChI is InChI=1S/C47H74O4/c1-3-5-7-9-11-13-15-17-19-21-23-25-27-29-31-33-35-37-39-41-43-50-45-46(44-48)51-47(49)42-40-38-36-34-32-30-28-26-24-22-20-18-16-14-12-10-8-6-4-2/h5-8,11-14,17-20,23-26,30,32,36,38,46,48H,3-4,9-10,15-16,21-22,27-29,31,33-35,37,39-45H2,1-2H3/b7-5-,8-6-,13-11-,14-12-,19-17-,20-18-,25-23-,26-24-,32-30-,38-36-. The zero-order chi connectivity index (χ0) is 37.0. The first-order valence-electron chi connectivity index (χ1n) is 20.1. The van der Waals surface area contributed by atoms with Crippen LogP contribution in [0.4, 0.5) is 0 Å². The van der Waals surface area contributed by atoms with Crippen molar-refractivity contribution in [3.63, 3.8) is 0 Å². The van der Waals surface area contributed by atoms with E-state index in [0.29, 0.717) is 19.4 Å². The molecule has 0 fully saturated rings. The SMILES string of the molecule is CC/C=C\C/C=C\C/C=C\C/C=C\C/C=C\C/C=C\CCC(=O)OC(CO)COCCCCCCCCC/C=C\C/C=C\C/C=C\C/C=C\CC. The average Bonchev–Trinajstić information content (AvgIpc) is 3.14. The Labute approximate surface area is 314 Å². The normalized spacial score (nSPS) is 13.7. The Morgan fingerprint density at radius 2 is 0.824 bits per heavy atom. The molecular weight excluding hydrogens is 629 g/mol. The maximum Gasteiger partial charge on any atom is 0.306 e. The molecule has 0 aliphatic heterocycles. The fourth-order valence-corrected chi connectivity index (χ4v) is 4.87. The van der Waals surface area contributed by atoms with Crippen molar-refractivity contribution >= 4 is 5.97 Å². The molecule has 0 saturated carbocycles. The summed E-state index contributed by atoms with van der Waals surface area (Å²) < 4.78 is 11.1. The third-order valence-electron chi connectivity index (χ3n) is 7.80. The Balaban J connectivity index is 3.64. The van der Waals surface area contributed by atoms with Crippen molar-refractivity contribution in [1.82, 2.24) is 0 Å². The van der Waals surface area contributed by atoms with Crippen LogP contribution in [-0.4, -0.2) is 37.0 Å². The Bertz CT molecular complexity index is 1050. The quantitative estimate of drug-likeness (QED) is 0.0406. The van der Waals surface area contributed by atoms with Gasteiger partial charge in [-0.2, -0.15) is 0 Å². The highest BCUT2D eigenvalue weighted by Gasteiger charge is 2.13. The molecule has 0 rings (SSSR count). The maximum absolute atomic E-state index is 12.2. The van der Waals surface area contributed by atoms with E-state index in [0.717, 1.165) is 77.0 Å². The van der Waals surface area contributed by atoms with E-state index in [-0.39, 0.29) is 19.2 Å². The van der Waals surface area contributed by atoms with Crippen molar-refractivity contribution in [2.45, 2.75) is 148 Å². The number of carbonyl (C=O) groups excluding carboxylic acids is 1. The largest absolute Gasteiger partial charge is 0.457 e. The summed E-state index contributed by atoms with van der Waals surface area (Å²) in [6, 6.07) is 0. The van der Waals surface area contributed by atoms with Crippen LogP contribution in [0.25, 0.3) is 0 Å². The van der Waals surface area contributed by atoms with Gasteiger partial charge in [0.1, 0.15) is 6.10 Å². The van der Waals surface area contributed by atoms with Crippen molar-refractivity contribution in [3.05, 3.63) is 122 Å². The minimum Gasteiger partial charge on any atom is -0.457 e. The molecule has 4 nitrogen and oxygen atoms in total. The van der Waals surface area contributed by atoms with E-state index in [2.05, 4.69) is 129 Å². The van der Waals surface area contributed by atoms with Crippen LogP contribution in [-0.2, 0) is 14.3 Å². The number of aliphatic hydroxyl groups excluding tert-OH is 1. The molecule has 0 aromatic rings. The molecule has 0 heterocycles. The third kappa shape index (κ3) is 41.1. The summed E-state index contributed by atoms with van der Waals surface area (Å²) in [5.41, 5.74) is 0. The molecule has 0 bridgehead atoms. The van der Waals surface area contributed by atoms with E-state index in [9.17, 15) is 9.90 Å². The van der Waals surface area contributed by atoms with Crippen LogP contribution in [0.15, 0.2) is 122 Å². The molecule has 1 unspecified atom stereocenters. The van der Waals surface area contributed by atoms with Crippen LogP contribution >= 0.6 is 0 Å². The Kier molecular flexibility index (Phi) is 40.3. The molecule has 0 amide bonds. The molecule has 0 aromatic carbocycles. The first kappa shape index (κ1) is 47.8. The predicted molar refractivity (Wildman–Crippen MR) is 223 cm³/mol. The van der Waals surface area contributed by atoms with E-state index >= 15 is 0 Å². The van der Waals surface area contributed by atoms with Crippen molar-refractivity contribution < 1.29 is 19.4 Å². The molecule has 0 aliphatic rings. The zero-order valence-corrected chi connectivity index (χ0v) is 32.6. The van der Waals surface area contributed by atoms with Gasteiger partial charge in [0.15, 0.2) is 0 Å². The van der Waals surface area contributed by atoms with Gasteiger partial charge in [-0.3, -0.25) is 4.79 Å². The van der Waals surface area contributed by atoms with Crippen molar-refractivity contribution in [2.75, 3.05) is 19.8 Å². The Hall–Kier alpha value is -3.21. The average molecular weight is 703 g/mol. The second-order valence-corrected chi connectivity index (χ2v) is 12.6. The fourth-order valence-electron chi connectivity index (χ4n) is 4.87. The lowest BCUT2D eigenvalue weighted by molar-refractivity contribution is -0.154. The van der Waals surface area contributed by atoms with Crippen LogP contribution in [0.2, 0.25) is 0 Å². The lowest BCUT2D eigenvalue weighted by Crippen LogP contribution is -2.27. The number of rotatable bonds is 35. The molecule has 1 atom stereocenters. The van der Waals surface area contributed by atoms with Crippen LogP contribution in [0.1, 0.15) is 142 Å². The number of allylic oxidation sites excluding steroid dienone is 20. The summed E-state index contributed by atoms with van der Waals surface area (Å²) >= 11 is 0. The molecular formula is C47H74O4. The molecule has 1 N–H and O–H groups in total. The number of ether oxygens (including phenoxy) is 2. The molecule has 0 spiro atoms. The fraction of sp³-hybridized carbons (Fsp3) is 0.553. The predicted octanol–water partition coefficient (Wildman–Crippen LogP) is 13.3. The second-order valence-electron chi connectivity index (χ2n) is 12.6. The van der Waals surface area contributed by atoms with Gasteiger partial charge in [0.25, 0.3) is 0 Å². The van der Waals surface area contributed by atoms with E-state index in [1.807, 2.05) is 6.08 Å². The molecule has 286 valence electrons. The van der Waals surface area contributed by atoms with Crippen LogP contribution in [0.5, 0.6) is 0 Å². The van der Waals surface area contributed by atoms with Crippen molar-refractivity contribution in [2.24, 2.45) is 0 Å². The molecule has 0 aromatic heterocycles. The summed E-state index contributed by atoms with van der Waals surface area (Å²) in [6.07, 6.45) is 64.0. The van der Waals surface area contributed by atoms with E-state index in [1.54, 1.807) is 0 Å². The van der Waals surface area contributed by atoms with Gasteiger partial charge in [-0.25, -0.2) is 0 Å². The smallest absolute Gasteiger partial charge is 0.306 e. The first-order valence-corrected chi connectivity index (χ1v) is 20.1. The van der Waals surface area contributed by atoms with Gasteiger partial charge >= 0.3 is 5.97 Å². The van der Waals surface area contributed by atoms with Gasteiger partial charge in [0.05, 0.1) is 13.2 Å². The van der Waals surface area contributed by atoms with Gasteiger partial charge in [-0.05, 0) is 89.9 Å². The summed E-state index contributed by atoms with van der Waals surface area (Å²) in [5, 5.41) is 9.58. The molecule has 51 heavy (non-hydrogen) atoms. The number of aliphatic hydroxyl groups is 1. The highest BCUT2D eigenvalue weighted by Crippen LogP contribution is 2.10. The highest BCUT2D eigenvalue weighted by atomic mass is 16.6. The lowest BCUT2D eigenvalue weighted by atomic mass is 10.1. The summed E-state index contributed by atoms with van der Waals surface area (Å²) in [4.78, 5) is 12.2. The zero-order valence-electron chi connectivity index (χ0n) is 32.6. The monoisotopic (exact) mass is 703 g/mol. The van der Waals surface area contributed by atoms with Gasteiger partial charge in [0, 0.05) is 13.0 Å². The minimum atomic E-state index is -0.590. The third-order valence-corrected chi connectivity index (χ3v) is 7.80. The highest BCUT2D eigenvalue weighted by molar-refractivity contribution is 5.69. The van der Waals surface area contributed by atoms with Gasteiger partial charge in [-0.1, -0.05) is 167 Å². The molecule has 4 heteroatoms. The summed E-state index contributed by atoms with van der Waals surface area (Å²) in [6.45, 7) is 4.98. The minimum absolute atomic E-state index is 0.216.